The monoisotopic (exact) mass is 228 g/mol. The Hall–Kier alpha value is -1.80. The number of hydrogen-bond acceptors (Lipinski definition) is 2. The summed E-state index contributed by atoms with van der Waals surface area (Å²) >= 11 is 0. The number of aliphatic hydroxyl groups excluding tert-OH is 1. The molecule has 0 heterocycles. The van der Waals surface area contributed by atoms with Crippen molar-refractivity contribution in [2.75, 3.05) is 0 Å². The minimum atomic E-state index is -0.388. The first kappa shape index (κ1) is 11.7. The number of para-hydroxylation sites is 1. The van der Waals surface area contributed by atoms with Gasteiger partial charge in [-0.2, -0.15) is 0 Å². The van der Waals surface area contributed by atoms with Crippen LogP contribution >= 0.6 is 0 Å². The molecule has 0 spiro atoms. The molecule has 0 aliphatic carbocycles. The third kappa shape index (κ3) is 3.08. The molecule has 17 heavy (non-hydrogen) atoms. The van der Waals surface area contributed by atoms with E-state index < -0.39 is 0 Å². The Morgan fingerprint density at radius 1 is 0.941 bits per heavy atom. The smallest absolute Gasteiger partial charge is 0.127 e. The number of rotatable bonds is 4. The molecular formula is C15H16O2. The van der Waals surface area contributed by atoms with Crippen molar-refractivity contribution in [1.29, 1.82) is 0 Å². The molecule has 2 aromatic carbocycles. The lowest BCUT2D eigenvalue weighted by atomic mass is 10.1. The molecule has 2 rings (SSSR count). The molecule has 1 unspecified atom stereocenters. The molecule has 0 saturated carbocycles. The first-order valence-electron chi connectivity index (χ1n) is 5.80. The van der Waals surface area contributed by atoms with Gasteiger partial charge in [0.1, 0.15) is 11.5 Å². The molecule has 0 fully saturated rings. The molecular weight excluding hydrogens is 212 g/mol. The zero-order valence-corrected chi connectivity index (χ0v) is 9.84. The van der Waals surface area contributed by atoms with E-state index in [1.807, 2.05) is 61.5 Å². The fraction of sp³-hybridized carbons (Fsp3) is 0.200. The Kier molecular flexibility index (Phi) is 3.78. The fourth-order valence-electron chi connectivity index (χ4n) is 1.62. The highest BCUT2D eigenvalue weighted by Crippen LogP contribution is 2.23. The maximum Gasteiger partial charge on any atom is 0.127 e. The molecule has 2 aromatic rings. The summed E-state index contributed by atoms with van der Waals surface area (Å²) in [5.41, 5.74) is 0.924. The second-order valence-corrected chi connectivity index (χ2v) is 3.91. The third-order valence-corrected chi connectivity index (χ3v) is 2.63. The SMILES string of the molecule is CCC(O)c1ccc(Oc2ccccc2)cc1. The summed E-state index contributed by atoms with van der Waals surface area (Å²) in [5, 5.41) is 9.67. The zero-order chi connectivity index (χ0) is 12.1. The van der Waals surface area contributed by atoms with E-state index in [1.165, 1.54) is 0 Å². The predicted molar refractivity (Wildman–Crippen MR) is 68.2 cm³/mol. The van der Waals surface area contributed by atoms with Gasteiger partial charge in [-0.15, -0.1) is 0 Å². The lowest BCUT2D eigenvalue weighted by Crippen LogP contribution is -1.94. The van der Waals surface area contributed by atoms with Crippen LogP contribution in [0, 0.1) is 0 Å². The van der Waals surface area contributed by atoms with Crippen LogP contribution in [-0.4, -0.2) is 5.11 Å². The number of ether oxygens (including phenoxy) is 1. The number of aliphatic hydroxyl groups is 1. The second kappa shape index (κ2) is 5.51. The largest absolute Gasteiger partial charge is 0.457 e. The molecule has 0 bridgehead atoms. The van der Waals surface area contributed by atoms with E-state index in [2.05, 4.69) is 0 Å². The molecule has 0 amide bonds. The average molecular weight is 228 g/mol. The Labute approximate surface area is 101 Å². The Morgan fingerprint density at radius 3 is 2.12 bits per heavy atom. The van der Waals surface area contributed by atoms with Crippen molar-refractivity contribution < 1.29 is 9.84 Å². The molecule has 1 N–H and O–H groups in total. The van der Waals surface area contributed by atoms with E-state index in [4.69, 9.17) is 4.74 Å². The quantitative estimate of drug-likeness (QED) is 0.859. The predicted octanol–water partition coefficient (Wildman–Crippen LogP) is 3.92. The van der Waals surface area contributed by atoms with Gasteiger partial charge in [0.2, 0.25) is 0 Å². The van der Waals surface area contributed by atoms with E-state index >= 15 is 0 Å². The van der Waals surface area contributed by atoms with Gasteiger partial charge in [0.05, 0.1) is 6.10 Å². The Bertz CT molecular complexity index is 448. The van der Waals surface area contributed by atoms with Crippen molar-refractivity contribution >= 4 is 0 Å². The highest BCUT2D eigenvalue weighted by molar-refractivity contribution is 5.33. The Balaban J connectivity index is 2.08. The summed E-state index contributed by atoms with van der Waals surface area (Å²) in [7, 11) is 0. The van der Waals surface area contributed by atoms with Gasteiger partial charge in [0, 0.05) is 0 Å². The summed E-state index contributed by atoms with van der Waals surface area (Å²) < 4.78 is 5.67. The van der Waals surface area contributed by atoms with Crippen LogP contribution in [0.25, 0.3) is 0 Å². The van der Waals surface area contributed by atoms with Gasteiger partial charge >= 0.3 is 0 Å². The molecule has 0 aliphatic rings. The van der Waals surface area contributed by atoms with Crippen LogP contribution in [0.5, 0.6) is 11.5 Å². The van der Waals surface area contributed by atoms with Crippen molar-refractivity contribution in [1.82, 2.24) is 0 Å². The summed E-state index contributed by atoms with van der Waals surface area (Å²) in [6, 6.07) is 17.2. The first-order valence-corrected chi connectivity index (χ1v) is 5.80. The third-order valence-electron chi connectivity index (χ3n) is 2.63. The molecule has 88 valence electrons. The van der Waals surface area contributed by atoms with Crippen molar-refractivity contribution in [3.05, 3.63) is 60.2 Å². The van der Waals surface area contributed by atoms with Gasteiger partial charge in [-0.05, 0) is 36.2 Å². The van der Waals surface area contributed by atoms with E-state index in [-0.39, 0.29) is 6.10 Å². The van der Waals surface area contributed by atoms with Crippen LogP contribution in [0.1, 0.15) is 25.0 Å². The van der Waals surface area contributed by atoms with Crippen LogP contribution in [0.15, 0.2) is 54.6 Å². The number of hydrogen-bond donors (Lipinski definition) is 1. The molecule has 2 nitrogen and oxygen atoms in total. The molecule has 0 aliphatic heterocycles. The van der Waals surface area contributed by atoms with Crippen LogP contribution < -0.4 is 4.74 Å². The fourth-order valence-corrected chi connectivity index (χ4v) is 1.62. The van der Waals surface area contributed by atoms with Gasteiger partial charge in [0.15, 0.2) is 0 Å². The van der Waals surface area contributed by atoms with Crippen molar-refractivity contribution in [3.63, 3.8) is 0 Å². The van der Waals surface area contributed by atoms with E-state index in [1.54, 1.807) is 0 Å². The van der Waals surface area contributed by atoms with Gasteiger partial charge in [0.25, 0.3) is 0 Å². The second-order valence-electron chi connectivity index (χ2n) is 3.91. The Morgan fingerprint density at radius 2 is 1.53 bits per heavy atom. The maximum absolute atomic E-state index is 9.67. The lowest BCUT2D eigenvalue weighted by molar-refractivity contribution is 0.173. The summed E-state index contributed by atoms with van der Waals surface area (Å²) in [4.78, 5) is 0. The first-order chi connectivity index (χ1) is 8.29. The summed E-state index contributed by atoms with van der Waals surface area (Å²) in [5.74, 6) is 1.60. The van der Waals surface area contributed by atoms with Crippen LogP contribution in [0.3, 0.4) is 0 Å². The van der Waals surface area contributed by atoms with Crippen LogP contribution in [0.2, 0.25) is 0 Å². The standard InChI is InChI=1S/C15H16O2/c1-2-15(16)12-8-10-14(11-9-12)17-13-6-4-3-5-7-13/h3-11,15-16H,2H2,1H3. The zero-order valence-electron chi connectivity index (χ0n) is 9.84. The number of benzene rings is 2. The van der Waals surface area contributed by atoms with Crippen molar-refractivity contribution in [2.24, 2.45) is 0 Å². The lowest BCUT2D eigenvalue weighted by Gasteiger charge is -2.09. The highest BCUT2D eigenvalue weighted by Gasteiger charge is 2.04. The molecule has 0 aromatic heterocycles. The van der Waals surface area contributed by atoms with Crippen LogP contribution in [0.4, 0.5) is 0 Å². The van der Waals surface area contributed by atoms with Gasteiger partial charge in [-0.25, -0.2) is 0 Å². The normalized spacial score (nSPS) is 12.1. The minimum absolute atomic E-state index is 0.388. The molecule has 2 heteroatoms. The highest BCUT2D eigenvalue weighted by atomic mass is 16.5. The van der Waals surface area contributed by atoms with Crippen LogP contribution in [-0.2, 0) is 0 Å². The van der Waals surface area contributed by atoms with Gasteiger partial charge < -0.3 is 9.84 Å². The minimum Gasteiger partial charge on any atom is -0.457 e. The summed E-state index contributed by atoms with van der Waals surface area (Å²) in [6.45, 7) is 1.96. The molecule has 0 radical (unpaired) electrons. The average Bonchev–Trinajstić information content (AvgIpc) is 2.40. The van der Waals surface area contributed by atoms with Crippen molar-refractivity contribution in [3.8, 4) is 11.5 Å². The van der Waals surface area contributed by atoms with Crippen molar-refractivity contribution in [2.45, 2.75) is 19.4 Å². The summed E-state index contributed by atoms with van der Waals surface area (Å²) in [6.07, 6.45) is 0.333. The van der Waals surface area contributed by atoms with E-state index in [9.17, 15) is 5.11 Å². The topological polar surface area (TPSA) is 29.5 Å². The molecule has 0 saturated heterocycles. The maximum atomic E-state index is 9.67. The van der Waals surface area contributed by atoms with Gasteiger partial charge in [-0.1, -0.05) is 37.3 Å². The van der Waals surface area contributed by atoms with E-state index in [0.29, 0.717) is 0 Å². The van der Waals surface area contributed by atoms with Gasteiger partial charge in [-0.3, -0.25) is 0 Å². The van der Waals surface area contributed by atoms with E-state index in [0.717, 1.165) is 23.5 Å². The molecule has 1 atom stereocenters.